The van der Waals surface area contributed by atoms with Crippen molar-refractivity contribution in [1.29, 1.82) is 0 Å². The van der Waals surface area contributed by atoms with E-state index in [1.165, 1.54) is 25.3 Å². The van der Waals surface area contributed by atoms with Crippen LogP contribution >= 0.6 is 11.6 Å². The van der Waals surface area contributed by atoms with Gasteiger partial charge in [-0.1, -0.05) is 23.7 Å². The number of hydrogen-bond acceptors (Lipinski definition) is 3. The minimum absolute atomic E-state index is 0.0421. The molecule has 0 spiro atoms. The van der Waals surface area contributed by atoms with Crippen molar-refractivity contribution in [3.8, 4) is 11.5 Å². The third-order valence-corrected chi connectivity index (χ3v) is 2.96. The minimum atomic E-state index is -0.506. The topological polar surface area (TPSA) is 35.5 Å². The summed E-state index contributed by atoms with van der Waals surface area (Å²) in [6, 6.07) is 10.6. The molecule has 2 aromatic carbocycles. The fourth-order valence-corrected chi connectivity index (χ4v) is 1.89. The highest BCUT2D eigenvalue weighted by Gasteiger charge is 2.11. The van der Waals surface area contributed by atoms with Crippen molar-refractivity contribution in [3.05, 3.63) is 58.9 Å². The van der Waals surface area contributed by atoms with Crippen LogP contribution < -0.4 is 9.47 Å². The maximum atomic E-state index is 13.3. The predicted molar refractivity (Wildman–Crippen MR) is 74.2 cm³/mol. The van der Waals surface area contributed by atoms with Gasteiger partial charge >= 0.3 is 0 Å². The fraction of sp³-hybridized carbons (Fsp3) is 0.133. The first kappa shape index (κ1) is 14.3. The summed E-state index contributed by atoms with van der Waals surface area (Å²) in [7, 11) is 1.49. The van der Waals surface area contributed by atoms with E-state index in [9.17, 15) is 9.18 Å². The van der Waals surface area contributed by atoms with Crippen molar-refractivity contribution >= 4 is 17.4 Å². The maximum Gasteiger partial charge on any atom is 0.200 e. The van der Waals surface area contributed by atoms with Crippen LogP contribution in [-0.4, -0.2) is 19.5 Å². The second kappa shape index (κ2) is 6.39. The van der Waals surface area contributed by atoms with Crippen molar-refractivity contribution in [2.75, 3.05) is 13.7 Å². The summed E-state index contributed by atoms with van der Waals surface area (Å²) in [5.74, 6) is -0.274. The van der Waals surface area contributed by atoms with Crippen molar-refractivity contribution in [3.63, 3.8) is 0 Å². The lowest BCUT2D eigenvalue weighted by Crippen LogP contribution is -2.12. The quantitative estimate of drug-likeness (QED) is 0.788. The van der Waals surface area contributed by atoms with Gasteiger partial charge < -0.3 is 9.47 Å². The van der Waals surface area contributed by atoms with Gasteiger partial charge in [-0.15, -0.1) is 0 Å². The van der Waals surface area contributed by atoms with Gasteiger partial charge in [0.15, 0.2) is 24.0 Å². The van der Waals surface area contributed by atoms with Crippen LogP contribution in [-0.2, 0) is 0 Å². The van der Waals surface area contributed by atoms with E-state index in [1.54, 1.807) is 24.3 Å². The highest BCUT2D eigenvalue weighted by Crippen LogP contribution is 2.25. The molecule has 0 bridgehead atoms. The van der Waals surface area contributed by atoms with E-state index in [1.807, 2.05) is 0 Å². The van der Waals surface area contributed by atoms with E-state index >= 15 is 0 Å². The Morgan fingerprint density at radius 2 is 1.95 bits per heavy atom. The molecule has 3 nitrogen and oxygen atoms in total. The molecule has 2 aromatic rings. The predicted octanol–water partition coefficient (Wildman–Crippen LogP) is 3.75. The second-order valence-corrected chi connectivity index (χ2v) is 4.40. The van der Waals surface area contributed by atoms with E-state index in [4.69, 9.17) is 21.1 Å². The Bertz CT molecular complexity index is 628. The van der Waals surface area contributed by atoms with Crippen LogP contribution in [0.3, 0.4) is 0 Å². The molecule has 0 aliphatic rings. The van der Waals surface area contributed by atoms with Gasteiger partial charge in [0.1, 0.15) is 5.75 Å². The van der Waals surface area contributed by atoms with Gasteiger partial charge in [-0.25, -0.2) is 4.39 Å². The average Bonchev–Trinajstić information content (AvgIpc) is 2.46. The van der Waals surface area contributed by atoms with E-state index in [0.29, 0.717) is 16.3 Å². The average molecular weight is 295 g/mol. The molecule has 0 saturated heterocycles. The zero-order chi connectivity index (χ0) is 14.5. The van der Waals surface area contributed by atoms with Crippen LogP contribution in [0.5, 0.6) is 11.5 Å². The molecule has 0 saturated carbocycles. The summed E-state index contributed by atoms with van der Waals surface area (Å²) in [5, 5.41) is 0.337. The largest absolute Gasteiger partial charge is 0.495 e. The van der Waals surface area contributed by atoms with Gasteiger partial charge in [0.25, 0.3) is 0 Å². The highest BCUT2D eigenvalue weighted by molar-refractivity contribution is 6.32. The van der Waals surface area contributed by atoms with Crippen LogP contribution in [0, 0.1) is 5.82 Å². The SMILES string of the molecule is COc1ccc(C(=O)COc2ccccc2F)cc1Cl. The summed E-state index contributed by atoms with van der Waals surface area (Å²) in [6.45, 7) is -0.260. The normalized spacial score (nSPS) is 10.2. The molecule has 0 N–H and O–H groups in total. The zero-order valence-corrected chi connectivity index (χ0v) is 11.5. The Labute approximate surface area is 120 Å². The van der Waals surface area contributed by atoms with Crippen LogP contribution in [0.25, 0.3) is 0 Å². The number of para-hydroxylation sites is 1. The van der Waals surface area contributed by atoms with Crippen LogP contribution in [0.2, 0.25) is 5.02 Å². The Morgan fingerprint density at radius 3 is 2.60 bits per heavy atom. The number of Topliss-reactive ketones (excluding diaryl/α,β-unsaturated/α-hetero) is 1. The van der Waals surface area contributed by atoms with Gasteiger partial charge in [-0.3, -0.25) is 4.79 Å². The minimum Gasteiger partial charge on any atom is -0.495 e. The number of carbonyl (C=O) groups excluding carboxylic acids is 1. The molecule has 5 heteroatoms. The van der Waals surface area contributed by atoms with Gasteiger partial charge in [-0.2, -0.15) is 0 Å². The molecular formula is C15H12ClFO3. The zero-order valence-electron chi connectivity index (χ0n) is 10.7. The third kappa shape index (κ3) is 3.27. The van der Waals surface area contributed by atoms with Gasteiger partial charge in [0, 0.05) is 5.56 Å². The van der Waals surface area contributed by atoms with Crippen molar-refractivity contribution in [1.82, 2.24) is 0 Å². The lowest BCUT2D eigenvalue weighted by atomic mass is 10.1. The van der Waals surface area contributed by atoms with Gasteiger partial charge in [0.05, 0.1) is 12.1 Å². The van der Waals surface area contributed by atoms with E-state index < -0.39 is 5.82 Å². The number of hydrogen-bond donors (Lipinski definition) is 0. The highest BCUT2D eigenvalue weighted by atomic mass is 35.5. The first-order valence-corrected chi connectivity index (χ1v) is 6.23. The first-order chi connectivity index (χ1) is 9.61. The van der Waals surface area contributed by atoms with Crippen LogP contribution in [0.15, 0.2) is 42.5 Å². The fourth-order valence-electron chi connectivity index (χ4n) is 1.63. The van der Waals surface area contributed by atoms with Crippen LogP contribution in [0.4, 0.5) is 4.39 Å². The van der Waals surface area contributed by atoms with Crippen LogP contribution in [0.1, 0.15) is 10.4 Å². The summed E-state index contributed by atoms with van der Waals surface area (Å²) in [6.07, 6.45) is 0. The summed E-state index contributed by atoms with van der Waals surface area (Å²) < 4.78 is 23.5. The number of carbonyl (C=O) groups is 1. The molecule has 2 rings (SSSR count). The van der Waals surface area contributed by atoms with Gasteiger partial charge in [0.2, 0.25) is 0 Å². The maximum absolute atomic E-state index is 13.3. The molecule has 0 heterocycles. The molecule has 0 aliphatic heterocycles. The Morgan fingerprint density at radius 1 is 1.20 bits per heavy atom. The molecule has 0 aromatic heterocycles. The first-order valence-electron chi connectivity index (χ1n) is 5.86. The number of benzene rings is 2. The van der Waals surface area contributed by atoms with E-state index in [0.717, 1.165) is 0 Å². The lowest BCUT2D eigenvalue weighted by molar-refractivity contribution is 0.0918. The lowest BCUT2D eigenvalue weighted by Gasteiger charge is -2.08. The number of halogens is 2. The molecular weight excluding hydrogens is 283 g/mol. The smallest absolute Gasteiger partial charge is 0.200 e. The van der Waals surface area contributed by atoms with Crippen molar-refractivity contribution in [2.24, 2.45) is 0 Å². The number of methoxy groups -OCH3 is 1. The Balaban J connectivity index is 2.05. The summed E-state index contributed by atoms with van der Waals surface area (Å²) in [5.41, 5.74) is 0.382. The molecule has 0 unspecified atom stereocenters. The number of ketones is 1. The van der Waals surface area contributed by atoms with Gasteiger partial charge in [-0.05, 0) is 30.3 Å². The third-order valence-electron chi connectivity index (χ3n) is 2.67. The van der Waals surface area contributed by atoms with Crippen molar-refractivity contribution in [2.45, 2.75) is 0 Å². The molecule has 0 radical (unpaired) electrons. The molecule has 0 atom stereocenters. The molecule has 0 amide bonds. The monoisotopic (exact) mass is 294 g/mol. The Hall–Kier alpha value is -2.07. The number of rotatable bonds is 5. The van der Waals surface area contributed by atoms with E-state index in [-0.39, 0.29) is 18.1 Å². The second-order valence-electron chi connectivity index (χ2n) is 3.99. The molecule has 0 fully saturated rings. The number of ether oxygens (including phenoxy) is 2. The summed E-state index contributed by atoms with van der Waals surface area (Å²) >= 11 is 5.94. The van der Waals surface area contributed by atoms with E-state index in [2.05, 4.69) is 0 Å². The molecule has 104 valence electrons. The van der Waals surface area contributed by atoms with Crippen molar-refractivity contribution < 1.29 is 18.7 Å². The Kier molecular flexibility index (Phi) is 4.58. The molecule has 20 heavy (non-hydrogen) atoms. The summed E-state index contributed by atoms with van der Waals surface area (Å²) in [4.78, 5) is 11.9. The molecule has 0 aliphatic carbocycles. The standard InChI is InChI=1S/C15H12ClFO3/c1-19-14-7-6-10(8-11(14)16)13(18)9-20-15-5-3-2-4-12(15)17/h2-8H,9H2,1H3.